The molecule has 154 valence electrons. The van der Waals surface area contributed by atoms with Crippen molar-refractivity contribution in [1.82, 2.24) is 9.36 Å². The van der Waals surface area contributed by atoms with E-state index in [1.54, 1.807) is 0 Å². The SMILES string of the molecule is C[C@]1(CCOc2cc(F)c(S(=O)(=O)Nc3ncns3)cc2F)CC[C@@H](N)CC1. The smallest absolute Gasteiger partial charge is 0.266 e. The summed E-state index contributed by atoms with van der Waals surface area (Å²) in [7, 11) is -4.33. The summed E-state index contributed by atoms with van der Waals surface area (Å²) in [5.74, 6) is -2.37. The predicted octanol–water partition coefficient (Wildman–Crippen LogP) is 3.29. The fourth-order valence-electron chi connectivity index (χ4n) is 3.21. The Morgan fingerprint density at radius 3 is 2.68 bits per heavy atom. The number of nitrogens with one attached hydrogen (secondary N) is 1. The number of rotatable bonds is 7. The van der Waals surface area contributed by atoms with Crippen molar-refractivity contribution in [3.63, 3.8) is 0 Å². The molecule has 0 saturated heterocycles. The number of aromatic nitrogens is 2. The average Bonchev–Trinajstić information content (AvgIpc) is 3.12. The lowest BCUT2D eigenvalue weighted by Gasteiger charge is -2.36. The van der Waals surface area contributed by atoms with E-state index in [0.717, 1.165) is 49.6 Å². The molecule has 1 fully saturated rings. The minimum Gasteiger partial charge on any atom is -0.490 e. The molecular formula is C17H22F2N4O3S2. The second-order valence-electron chi connectivity index (χ2n) is 7.31. The van der Waals surface area contributed by atoms with Crippen LogP contribution >= 0.6 is 11.5 Å². The Hall–Kier alpha value is -1.85. The minimum atomic E-state index is -4.33. The van der Waals surface area contributed by atoms with Gasteiger partial charge in [-0.2, -0.15) is 4.37 Å². The monoisotopic (exact) mass is 432 g/mol. The average molecular weight is 433 g/mol. The lowest BCUT2D eigenvalue weighted by atomic mass is 9.72. The summed E-state index contributed by atoms with van der Waals surface area (Å²) < 4.78 is 64.3. The Morgan fingerprint density at radius 2 is 2.04 bits per heavy atom. The standard InChI is InChI=1S/C17H22F2N4O3S2/c1-17(4-2-11(20)3-5-17)6-7-26-14-8-13(19)15(9-12(14)18)28(24,25)23-16-21-10-22-27-16/h8-11H,2-7,20H2,1H3,(H,21,22,23)/t11-,17+. The molecule has 3 N–H and O–H groups in total. The maximum Gasteiger partial charge on any atom is 0.266 e. The summed E-state index contributed by atoms with van der Waals surface area (Å²) in [6.45, 7) is 2.34. The fourth-order valence-corrected chi connectivity index (χ4v) is 4.94. The molecule has 0 bridgehead atoms. The van der Waals surface area contributed by atoms with Gasteiger partial charge in [0, 0.05) is 29.7 Å². The van der Waals surface area contributed by atoms with Crippen molar-refractivity contribution >= 4 is 26.7 Å². The highest BCUT2D eigenvalue weighted by Gasteiger charge is 2.30. The zero-order chi connectivity index (χ0) is 20.4. The van der Waals surface area contributed by atoms with Crippen LogP contribution in [0.2, 0.25) is 0 Å². The summed E-state index contributed by atoms with van der Waals surface area (Å²) in [6, 6.07) is 1.59. The number of anilines is 1. The molecule has 1 aliphatic rings. The second kappa shape index (κ2) is 8.26. The van der Waals surface area contributed by atoms with E-state index in [1.807, 2.05) is 0 Å². The van der Waals surface area contributed by atoms with Crippen molar-refractivity contribution in [3.8, 4) is 5.75 Å². The van der Waals surface area contributed by atoms with Crippen LogP contribution in [-0.2, 0) is 10.0 Å². The molecular weight excluding hydrogens is 410 g/mol. The number of halogens is 2. The normalized spacial score (nSPS) is 22.8. The largest absolute Gasteiger partial charge is 0.490 e. The Labute approximate surface area is 166 Å². The van der Waals surface area contributed by atoms with Gasteiger partial charge in [0.2, 0.25) is 5.13 Å². The van der Waals surface area contributed by atoms with Gasteiger partial charge in [-0.15, -0.1) is 0 Å². The van der Waals surface area contributed by atoms with E-state index < -0.39 is 26.6 Å². The van der Waals surface area contributed by atoms with Gasteiger partial charge in [-0.1, -0.05) is 6.92 Å². The molecule has 11 heteroatoms. The van der Waals surface area contributed by atoms with E-state index in [2.05, 4.69) is 21.0 Å². The third-order valence-electron chi connectivity index (χ3n) is 5.06. The molecule has 2 aromatic rings. The third kappa shape index (κ3) is 4.95. The van der Waals surface area contributed by atoms with E-state index in [4.69, 9.17) is 10.5 Å². The Bertz CT molecular complexity index is 915. The summed E-state index contributed by atoms with van der Waals surface area (Å²) in [5.41, 5.74) is 5.98. The molecule has 0 radical (unpaired) electrons. The fraction of sp³-hybridized carbons (Fsp3) is 0.529. The van der Waals surface area contributed by atoms with E-state index in [-0.39, 0.29) is 28.9 Å². The summed E-state index contributed by atoms with van der Waals surface area (Å²) in [6.07, 6.45) is 5.63. The number of nitrogens with two attached hydrogens (primary N) is 1. The van der Waals surface area contributed by atoms with Crippen LogP contribution in [0.25, 0.3) is 0 Å². The summed E-state index contributed by atoms with van der Waals surface area (Å²) >= 11 is 0.782. The van der Waals surface area contributed by atoms with Gasteiger partial charge < -0.3 is 10.5 Å². The van der Waals surface area contributed by atoms with Gasteiger partial charge in [0.1, 0.15) is 17.0 Å². The lowest BCUT2D eigenvalue weighted by molar-refractivity contribution is 0.146. The number of ether oxygens (including phenoxy) is 1. The van der Waals surface area contributed by atoms with E-state index in [9.17, 15) is 17.2 Å². The van der Waals surface area contributed by atoms with Gasteiger partial charge in [0.25, 0.3) is 10.0 Å². The van der Waals surface area contributed by atoms with Gasteiger partial charge >= 0.3 is 0 Å². The van der Waals surface area contributed by atoms with Crippen LogP contribution in [0.1, 0.15) is 39.0 Å². The van der Waals surface area contributed by atoms with E-state index in [0.29, 0.717) is 12.5 Å². The van der Waals surface area contributed by atoms with Crippen LogP contribution in [-0.4, -0.2) is 30.4 Å². The molecule has 7 nitrogen and oxygen atoms in total. The van der Waals surface area contributed by atoms with Crippen molar-refractivity contribution < 1.29 is 21.9 Å². The van der Waals surface area contributed by atoms with E-state index in [1.165, 1.54) is 0 Å². The van der Waals surface area contributed by atoms with Crippen molar-refractivity contribution in [2.45, 2.75) is 50.0 Å². The first-order chi connectivity index (χ1) is 13.2. The molecule has 0 aliphatic heterocycles. The Morgan fingerprint density at radius 1 is 1.32 bits per heavy atom. The molecule has 1 aromatic heterocycles. The number of hydrogen-bond acceptors (Lipinski definition) is 7. The highest BCUT2D eigenvalue weighted by molar-refractivity contribution is 7.93. The van der Waals surface area contributed by atoms with Crippen LogP contribution in [0.15, 0.2) is 23.4 Å². The number of sulfonamides is 1. The molecule has 28 heavy (non-hydrogen) atoms. The highest BCUT2D eigenvalue weighted by Crippen LogP contribution is 2.38. The number of hydrogen-bond donors (Lipinski definition) is 2. The summed E-state index contributed by atoms with van der Waals surface area (Å²) in [5, 5.41) is -0.0411. The van der Waals surface area contributed by atoms with Gasteiger partial charge in [0.05, 0.1) is 6.61 Å². The van der Waals surface area contributed by atoms with Crippen LogP contribution in [0.3, 0.4) is 0 Å². The highest BCUT2D eigenvalue weighted by atomic mass is 32.2. The Balaban J connectivity index is 1.66. The zero-order valence-electron chi connectivity index (χ0n) is 15.3. The summed E-state index contributed by atoms with van der Waals surface area (Å²) in [4.78, 5) is 2.84. The van der Waals surface area contributed by atoms with Crippen molar-refractivity contribution in [2.24, 2.45) is 11.1 Å². The van der Waals surface area contributed by atoms with Crippen LogP contribution in [0, 0.1) is 17.0 Å². The topological polar surface area (TPSA) is 107 Å². The molecule has 3 rings (SSSR count). The van der Waals surface area contributed by atoms with Gasteiger partial charge in [0.15, 0.2) is 11.6 Å². The molecule has 0 atom stereocenters. The molecule has 1 heterocycles. The van der Waals surface area contributed by atoms with Crippen molar-refractivity contribution in [2.75, 3.05) is 11.3 Å². The maximum atomic E-state index is 14.3. The molecule has 0 spiro atoms. The molecule has 1 aromatic carbocycles. The maximum absolute atomic E-state index is 14.3. The second-order valence-corrected chi connectivity index (χ2v) is 9.74. The third-order valence-corrected chi connectivity index (χ3v) is 7.12. The predicted molar refractivity (Wildman–Crippen MR) is 102 cm³/mol. The first-order valence-corrected chi connectivity index (χ1v) is 11.1. The lowest BCUT2D eigenvalue weighted by Crippen LogP contribution is -2.33. The Kier molecular flexibility index (Phi) is 6.15. The molecule has 0 unspecified atom stereocenters. The first-order valence-electron chi connectivity index (χ1n) is 8.85. The first kappa shape index (κ1) is 20.9. The quantitative estimate of drug-likeness (QED) is 0.695. The van der Waals surface area contributed by atoms with Gasteiger partial charge in [-0.05, 0) is 37.5 Å². The van der Waals surface area contributed by atoms with Crippen LogP contribution in [0.5, 0.6) is 5.75 Å². The number of nitrogens with zero attached hydrogens (tertiary/aromatic N) is 2. The van der Waals surface area contributed by atoms with Crippen LogP contribution < -0.4 is 15.2 Å². The molecule has 1 aliphatic carbocycles. The van der Waals surface area contributed by atoms with Gasteiger partial charge in [-0.25, -0.2) is 22.2 Å². The van der Waals surface area contributed by atoms with Crippen molar-refractivity contribution in [1.29, 1.82) is 0 Å². The molecule has 1 saturated carbocycles. The minimum absolute atomic E-state index is 0.0411. The van der Waals surface area contributed by atoms with Gasteiger partial charge in [-0.3, -0.25) is 4.72 Å². The number of benzene rings is 1. The molecule has 0 amide bonds. The van der Waals surface area contributed by atoms with Crippen molar-refractivity contribution in [3.05, 3.63) is 30.1 Å². The van der Waals surface area contributed by atoms with E-state index >= 15 is 0 Å². The zero-order valence-corrected chi connectivity index (χ0v) is 17.0. The van der Waals surface area contributed by atoms with Crippen LogP contribution in [0.4, 0.5) is 13.9 Å².